The fourth-order valence-electron chi connectivity index (χ4n) is 2.74. The van der Waals surface area contributed by atoms with E-state index in [0.717, 1.165) is 17.7 Å². The predicted octanol–water partition coefficient (Wildman–Crippen LogP) is 4.83. The molecule has 0 aromatic rings. The van der Waals surface area contributed by atoms with Crippen LogP contribution in [0.15, 0.2) is 0 Å². The fraction of sp³-hybridized carbons (Fsp3) is 1.00. The molecule has 1 rings (SSSR count). The van der Waals surface area contributed by atoms with Gasteiger partial charge in [0.1, 0.15) is 0 Å². The van der Waals surface area contributed by atoms with Gasteiger partial charge in [-0.25, -0.2) is 0 Å². The summed E-state index contributed by atoms with van der Waals surface area (Å²) in [6.45, 7) is 2.22. The zero-order valence-electron chi connectivity index (χ0n) is 9.20. The molecule has 0 aromatic carbocycles. The van der Waals surface area contributed by atoms with Gasteiger partial charge < -0.3 is 0 Å². The number of alkyl halides is 2. The molecule has 0 spiro atoms. The maximum atomic E-state index is 6.10. The summed E-state index contributed by atoms with van der Waals surface area (Å²) < 4.78 is 0. The van der Waals surface area contributed by atoms with Crippen LogP contribution in [0.25, 0.3) is 0 Å². The van der Waals surface area contributed by atoms with Gasteiger partial charge >= 0.3 is 0 Å². The maximum absolute atomic E-state index is 6.10. The SMILES string of the molecule is CCCC(CCl)(CCl)CC1CCCC1. The molecule has 0 aliphatic heterocycles. The zero-order chi connectivity index (χ0) is 10.4. The molecule has 0 heterocycles. The molecule has 0 aromatic heterocycles. The highest BCUT2D eigenvalue weighted by Gasteiger charge is 2.31. The van der Waals surface area contributed by atoms with Crippen molar-refractivity contribution in [2.45, 2.75) is 51.9 Å². The molecule has 14 heavy (non-hydrogen) atoms. The third-order valence-corrected chi connectivity index (χ3v) is 4.68. The van der Waals surface area contributed by atoms with Gasteiger partial charge in [0.05, 0.1) is 0 Å². The molecule has 0 saturated heterocycles. The van der Waals surface area contributed by atoms with E-state index in [1.165, 1.54) is 44.9 Å². The Morgan fingerprint density at radius 1 is 1.14 bits per heavy atom. The van der Waals surface area contributed by atoms with Crippen molar-refractivity contribution in [1.82, 2.24) is 0 Å². The van der Waals surface area contributed by atoms with Crippen molar-refractivity contribution >= 4 is 23.2 Å². The van der Waals surface area contributed by atoms with E-state index in [2.05, 4.69) is 6.92 Å². The number of halogens is 2. The van der Waals surface area contributed by atoms with Crippen LogP contribution in [0.1, 0.15) is 51.9 Å². The van der Waals surface area contributed by atoms with Gasteiger partial charge in [-0.15, -0.1) is 23.2 Å². The highest BCUT2D eigenvalue weighted by Crippen LogP contribution is 2.40. The molecule has 0 atom stereocenters. The van der Waals surface area contributed by atoms with Crippen molar-refractivity contribution < 1.29 is 0 Å². The Morgan fingerprint density at radius 3 is 2.14 bits per heavy atom. The van der Waals surface area contributed by atoms with Crippen molar-refractivity contribution in [2.24, 2.45) is 11.3 Å². The van der Waals surface area contributed by atoms with Gasteiger partial charge in [0.25, 0.3) is 0 Å². The lowest BCUT2D eigenvalue weighted by molar-refractivity contribution is 0.256. The van der Waals surface area contributed by atoms with Crippen LogP contribution in [-0.2, 0) is 0 Å². The van der Waals surface area contributed by atoms with Crippen LogP contribution in [0, 0.1) is 11.3 Å². The van der Waals surface area contributed by atoms with Crippen molar-refractivity contribution in [3.8, 4) is 0 Å². The van der Waals surface area contributed by atoms with Gasteiger partial charge in [-0.3, -0.25) is 0 Å². The third-order valence-electron chi connectivity index (χ3n) is 3.54. The van der Waals surface area contributed by atoms with Crippen LogP contribution in [0.2, 0.25) is 0 Å². The number of hydrogen-bond donors (Lipinski definition) is 0. The molecular formula is C12H22Cl2. The van der Waals surface area contributed by atoms with Gasteiger partial charge in [-0.2, -0.15) is 0 Å². The second-order valence-corrected chi connectivity index (χ2v) is 5.41. The van der Waals surface area contributed by atoms with Crippen molar-refractivity contribution in [1.29, 1.82) is 0 Å². The van der Waals surface area contributed by atoms with E-state index >= 15 is 0 Å². The van der Waals surface area contributed by atoms with Crippen molar-refractivity contribution in [2.75, 3.05) is 11.8 Å². The first-order valence-electron chi connectivity index (χ1n) is 5.88. The number of hydrogen-bond acceptors (Lipinski definition) is 0. The van der Waals surface area contributed by atoms with Gasteiger partial charge in [0.15, 0.2) is 0 Å². The molecule has 1 fully saturated rings. The van der Waals surface area contributed by atoms with E-state index < -0.39 is 0 Å². The minimum atomic E-state index is 0.229. The average Bonchev–Trinajstić information content (AvgIpc) is 2.69. The molecule has 0 bridgehead atoms. The topological polar surface area (TPSA) is 0 Å². The van der Waals surface area contributed by atoms with Crippen molar-refractivity contribution in [3.05, 3.63) is 0 Å². The van der Waals surface area contributed by atoms with Gasteiger partial charge in [0, 0.05) is 11.8 Å². The van der Waals surface area contributed by atoms with E-state index in [0.29, 0.717) is 0 Å². The zero-order valence-corrected chi connectivity index (χ0v) is 10.7. The summed E-state index contributed by atoms with van der Waals surface area (Å²) in [5.41, 5.74) is 0.229. The Morgan fingerprint density at radius 2 is 1.71 bits per heavy atom. The molecule has 0 radical (unpaired) electrons. The van der Waals surface area contributed by atoms with Crippen LogP contribution < -0.4 is 0 Å². The lowest BCUT2D eigenvalue weighted by Gasteiger charge is -2.32. The molecule has 1 saturated carbocycles. The summed E-state index contributed by atoms with van der Waals surface area (Å²) in [5, 5.41) is 0. The predicted molar refractivity (Wildman–Crippen MR) is 65.4 cm³/mol. The van der Waals surface area contributed by atoms with E-state index in [4.69, 9.17) is 23.2 Å². The molecular weight excluding hydrogens is 215 g/mol. The molecule has 0 nitrogen and oxygen atoms in total. The quantitative estimate of drug-likeness (QED) is 0.580. The number of rotatable bonds is 6. The first-order chi connectivity index (χ1) is 6.76. The molecule has 0 amide bonds. The summed E-state index contributed by atoms with van der Waals surface area (Å²) in [5.74, 6) is 2.38. The molecule has 1 aliphatic rings. The molecule has 84 valence electrons. The van der Waals surface area contributed by atoms with Crippen LogP contribution in [0.4, 0.5) is 0 Å². The van der Waals surface area contributed by atoms with Gasteiger partial charge in [0.2, 0.25) is 0 Å². The smallest absolute Gasteiger partial charge is 0.0291 e. The second kappa shape index (κ2) is 6.23. The van der Waals surface area contributed by atoms with E-state index in [9.17, 15) is 0 Å². The summed E-state index contributed by atoms with van der Waals surface area (Å²) in [6.07, 6.45) is 9.28. The van der Waals surface area contributed by atoms with Crippen molar-refractivity contribution in [3.63, 3.8) is 0 Å². The normalized spacial score (nSPS) is 19.1. The highest BCUT2D eigenvalue weighted by molar-refractivity contribution is 6.21. The van der Waals surface area contributed by atoms with Gasteiger partial charge in [-0.05, 0) is 24.2 Å². The minimum absolute atomic E-state index is 0.229. The standard InChI is InChI=1S/C12H22Cl2/c1-2-7-12(9-13,10-14)8-11-5-3-4-6-11/h11H,2-10H2,1H3. The Bertz CT molecular complexity index is 146. The summed E-state index contributed by atoms with van der Waals surface area (Å²) >= 11 is 12.2. The van der Waals surface area contributed by atoms with Crippen LogP contribution in [-0.4, -0.2) is 11.8 Å². The Kier molecular flexibility index (Phi) is 5.62. The summed E-state index contributed by atoms with van der Waals surface area (Å²) in [7, 11) is 0. The maximum Gasteiger partial charge on any atom is 0.0291 e. The molecule has 2 heteroatoms. The highest BCUT2D eigenvalue weighted by atomic mass is 35.5. The first kappa shape index (κ1) is 12.6. The minimum Gasteiger partial charge on any atom is -0.126 e. The fourth-order valence-corrected chi connectivity index (χ4v) is 3.51. The van der Waals surface area contributed by atoms with E-state index in [1.807, 2.05) is 0 Å². The van der Waals surface area contributed by atoms with E-state index in [-0.39, 0.29) is 5.41 Å². The summed E-state index contributed by atoms with van der Waals surface area (Å²) in [4.78, 5) is 0. The molecule has 0 unspecified atom stereocenters. The Balaban J connectivity index is 2.47. The lowest BCUT2D eigenvalue weighted by Crippen LogP contribution is -2.27. The average molecular weight is 237 g/mol. The Hall–Kier alpha value is 0.580. The Labute approximate surface area is 98.4 Å². The largest absolute Gasteiger partial charge is 0.126 e. The third kappa shape index (κ3) is 3.31. The second-order valence-electron chi connectivity index (χ2n) is 4.87. The van der Waals surface area contributed by atoms with Crippen LogP contribution >= 0.6 is 23.2 Å². The molecule has 1 aliphatic carbocycles. The monoisotopic (exact) mass is 236 g/mol. The molecule has 0 N–H and O–H groups in total. The van der Waals surface area contributed by atoms with Crippen LogP contribution in [0.5, 0.6) is 0 Å². The lowest BCUT2D eigenvalue weighted by atomic mass is 9.78. The van der Waals surface area contributed by atoms with Gasteiger partial charge in [-0.1, -0.05) is 39.0 Å². The van der Waals surface area contributed by atoms with Crippen LogP contribution in [0.3, 0.4) is 0 Å². The first-order valence-corrected chi connectivity index (χ1v) is 6.95. The summed E-state index contributed by atoms with van der Waals surface area (Å²) in [6, 6.07) is 0. The van der Waals surface area contributed by atoms with E-state index in [1.54, 1.807) is 0 Å².